The first-order valence-corrected chi connectivity index (χ1v) is 8.55. The second-order valence-corrected chi connectivity index (χ2v) is 6.16. The molecule has 23 heavy (non-hydrogen) atoms. The lowest BCUT2D eigenvalue weighted by molar-refractivity contribution is -0.119. The lowest BCUT2D eigenvalue weighted by atomic mass is 9.95. The van der Waals surface area contributed by atoms with E-state index in [-0.39, 0.29) is 5.91 Å². The molecule has 0 aromatic heterocycles. The van der Waals surface area contributed by atoms with E-state index in [0.717, 1.165) is 64.7 Å². The van der Waals surface area contributed by atoms with Gasteiger partial charge in [-0.3, -0.25) is 9.79 Å². The number of amides is 1. The first-order chi connectivity index (χ1) is 11.1. The van der Waals surface area contributed by atoms with Crippen molar-refractivity contribution >= 4 is 11.9 Å². The molecule has 7 heteroatoms. The molecule has 1 amide bonds. The fraction of sp³-hybridized carbons (Fsp3) is 0.875. The molecule has 7 nitrogen and oxygen atoms in total. The van der Waals surface area contributed by atoms with Gasteiger partial charge in [0.05, 0.1) is 13.2 Å². The maximum atomic E-state index is 11.1. The summed E-state index contributed by atoms with van der Waals surface area (Å²) in [5.74, 6) is 1.08. The zero-order valence-corrected chi connectivity index (χ0v) is 14.9. The smallest absolute Gasteiger partial charge is 0.217 e. The SMILES string of the molecule is CCNC(=NCCN(C)CCOC)N1CCCC(CC(N)=O)C1. The second-order valence-electron chi connectivity index (χ2n) is 6.16. The summed E-state index contributed by atoms with van der Waals surface area (Å²) in [5, 5.41) is 3.36. The summed E-state index contributed by atoms with van der Waals surface area (Å²) in [4.78, 5) is 20.3. The van der Waals surface area contributed by atoms with E-state index in [1.807, 2.05) is 0 Å². The van der Waals surface area contributed by atoms with E-state index in [1.54, 1.807) is 7.11 Å². The minimum absolute atomic E-state index is 0.210. The number of ether oxygens (including phenoxy) is 1. The molecule has 1 unspecified atom stereocenters. The Labute approximate surface area is 140 Å². The molecule has 1 aliphatic heterocycles. The normalized spacial score (nSPS) is 19.2. The van der Waals surface area contributed by atoms with Gasteiger partial charge in [-0.25, -0.2) is 0 Å². The number of methoxy groups -OCH3 is 1. The molecule has 0 aromatic rings. The highest BCUT2D eigenvalue weighted by molar-refractivity contribution is 5.80. The summed E-state index contributed by atoms with van der Waals surface area (Å²) in [6.07, 6.45) is 2.62. The fourth-order valence-electron chi connectivity index (χ4n) is 2.82. The molecule has 1 saturated heterocycles. The molecule has 0 saturated carbocycles. The van der Waals surface area contributed by atoms with Crippen LogP contribution in [0, 0.1) is 5.92 Å². The summed E-state index contributed by atoms with van der Waals surface area (Å²) >= 11 is 0. The van der Waals surface area contributed by atoms with Crippen LogP contribution in [0.3, 0.4) is 0 Å². The first-order valence-electron chi connectivity index (χ1n) is 8.55. The second kappa shape index (κ2) is 11.2. The molecule has 0 radical (unpaired) electrons. The van der Waals surface area contributed by atoms with Gasteiger partial charge in [0.2, 0.25) is 5.91 Å². The van der Waals surface area contributed by atoms with Gasteiger partial charge in [0.15, 0.2) is 5.96 Å². The van der Waals surface area contributed by atoms with Crippen LogP contribution in [-0.2, 0) is 9.53 Å². The number of hydrogen-bond acceptors (Lipinski definition) is 4. The number of nitrogens with one attached hydrogen (secondary N) is 1. The van der Waals surface area contributed by atoms with Crippen molar-refractivity contribution in [2.45, 2.75) is 26.2 Å². The molecule has 0 aromatic carbocycles. The number of primary amides is 1. The van der Waals surface area contributed by atoms with Crippen molar-refractivity contribution in [2.24, 2.45) is 16.6 Å². The standard InChI is InChI=1S/C16H33N5O2/c1-4-18-16(19-7-9-20(2)10-11-23-3)21-8-5-6-14(13-21)12-15(17)22/h14H,4-13H2,1-3H3,(H2,17,22)(H,18,19). The summed E-state index contributed by atoms with van der Waals surface area (Å²) in [6.45, 7) is 8.06. The predicted molar refractivity (Wildman–Crippen MR) is 93.5 cm³/mol. The van der Waals surface area contributed by atoms with Crippen molar-refractivity contribution in [2.75, 3.05) is 60.0 Å². The molecule has 0 spiro atoms. The Morgan fingerprint density at radius 3 is 2.91 bits per heavy atom. The van der Waals surface area contributed by atoms with E-state index in [0.29, 0.717) is 12.3 Å². The van der Waals surface area contributed by atoms with Gasteiger partial charge < -0.3 is 25.6 Å². The Hall–Kier alpha value is -1.34. The van der Waals surface area contributed by atoms with Crippen molar-refractivity contribution in [1.29, 1.82) is 0 Å². The van der Waals surface area contributed by atoms with E-state index in [1.165, 1.54) is 0 Å². The molecule has 1 atom stereocenters. The van der Waals surface area contributed by atoms with Crippen molar-refractivity contribution in [3.8, 4) is 0 Å². The Bertz CT molecular complexity index is 375. The molecule has 0 aliphatic carbocycles. The van der Waals surface area contributed by atoms with Gasteiger partial charge in [-0.1, -0.05) is 0 Å². The molecule has 1 aliphatic rings. The van der Waals surface area contributed by atoms with Crippen LogP contribution < -0.4 is 11.1 Å². The molecule has 1 fully saturated rings. The van der Waals surface area contributed by atoms with Crippen LogP contribution in [0.25, 0.3) is 0 Å². The van der Waals surface area contributed by atoms with Crippen LogP contribution in [0.4, 0.5) is 0 Å². The van der Waals surface area contributed by atoms with E-state index < -0.39 is 0 Å². The number of likely N-dealkylation sites (tertiary alicyclic amines) is 1. The van der Waals surface area contributed by atoms with Crippen LogP contribution in [0.5, 0.6) is 0 Å². The number of nitrogens with two attached hydrogens (primary N) is 1. The quantitative estimate of drug-likeness (QED) is 0.464. The van der Waals surface area contributed by atoms with Crippen LogP contribution in [0.15, 0.2) is 4.99 Å². The number of rotatable bonds is 9. The van der Waals surface area contributed by atoms with Crippen LogP contribution in [0.1, 0.15) is 26.2 Å². The van der Waals surface area contributed by atoms with E-state index >= 15 is 0 Å². The predicted octanol–water partition coefficient (Wildman–Crippen LogP) is 0.118. The molecular formula is C16H33N5O2. The Morgan fingerprint density at radius 1 is 1.48 bits per heavy atom. The first kappa shape index (κ1) is 19.7. The van der Waals surface area contributed by atoms with E-state index in [2.05, 4.69) is 29.1 Å². The van der Waals surface area contributed by atoms with Crippen molar-refractivity contribution in [1.82, 2.24) is 15.1 Å². The summed E-state index contributed by atoms with van der Waals surface area (Å²) in [5.41, 5.74) is 5.34. The maximum Gasteiger partial charge on any atom is 0.217 e. The number of piperidine rings is 1. The highest BCUT2D eigenvalue weighted by atomic mass is 16.5. The molecule has 1 rings (SSSR count). The summed E-state index contributed by atoms with van der Waals surface area (Å²) in [7, 11) is 3.79. The summed E-state index contributed by atoms with van der Waals surface area (Å²) < 4.78 is 5.08. The third-order valence-corrected chi connectivity index (χ3v) is 4.06. The summed E-state index contributed by atoms with van der Waals surface area (Å²) in [6, 6.07) is 0. The lowest BCUT2D eigenvalue weighted by Crippen LogP contribution is -2.47. The van der Waals surface area contributed by atoms with Gasteiger partial charge in [0.1, 0.15) is 0 Å². The number of likely N-dealkylation sites (N-methyl/N-ethyl adjacent to an activating group) is 1. The zero-order valence-electron chi connectivity index (χ0n) is 14.9. The average Bonchev–Trinajstić information content (AvgIpc) is 2.51. The Morgan fingerprint density at radius 2 is 2.26 bits per heavy atom. The fourth-order valence-corrected chi connectivity index (χ4v) is 2.82. The van der Waals surface area contributed by atoms with Crippen molar-refractivity contribution < 1.29 is 9.53 Å². The highest BCUT2D eigenvalue weighted by Crippen LogP contribution is 2.19. The molecule has 3 N–H and O–H groups in total. The number of carbonyl (C=O) groups is 1. The van der Waals surface area contributed by atoms with Gasteiger partial charge in [0.25, 0.3) is 0 Å². The lowest BCUT2D eigenvalue weighted by Gasteiger charge is -2.34. The molecular weight excluding hydrogens is 294 g/mol. The number of nitrogens with zero attached hydrogens (tertiary/aromatic N) is 3. The minimum Gasteiger partial charge on any atom is -0.383 e. The number of aliphatic imine (C=N–C) groups is 1. The van der Waals surface area contributed by atoms with Gasteiger partial charge in [-0.15, -0.1) is 0 Å². The number of carbonyl (C=O) groups excluding carboxylic acids is 1. The topological polar surface area (TPSA) is 83.2 Å². The Kier molecular flexibility index (Phi) is 9.63. The number of hydrogen-bond donors (Lipinski definition) is 2. The minimum atomic E-state index is -0.210. The van der Waals surface area contributed by atoms with Crippen LogP contribution in [-0.4, -0.2) is 81.7 Å². The van der Waals surface area contributed by atoms with Crippen molar-refractivity contribution in [3.05, 3.63) is 0 Å². The van der Waals surface area contributed by atoms with Crippen LogP contribution >= 0.6 is 0 Å². The third-order valence-electron chi connectivity index (χ3n) is 4.06. The molecule has 0 bridgehead atoms. The van der Waals surface area contributed by atoms with Gasteiger partial charge in [-0.05, 0) is 32.7 Å². The van der Waals surface area contributed by atoms with Gasteiger partial charge in [-0.2, -0.15) is 0 Å². The van der Waals surface area contributed by atoms with Crippen LogP contribution in [0.2, 0.25) is 0 Å². The van der Waals surface area contributed by atoms with Crippen molar-refractivity contribution in [3.63, 3.8) is 0 Å². The molecule has 1 heterocycles. The maximum absolute atomic E-state index is 11.1. The van der Waals surface area contributed by atoms with E-state index in [4.69, 9.17) is 15.5 Å². The monoisotopic (exact) mass is 327 g/mol. The van der Waals surface area contributed by atoms with Gasteiger partial charge >= 0.3 is 0 Å². The largest absolute Gasteiger partial charge is 0.383 e. The zero-order chi connectivity index (χ0) is 17.1. The number of guanidine groups is 1. The molecule has 134 valence electrons. The third kappa shape index (κ3) is 8.18. The van der Waals surface area contributed by atoms with Gasteiger partial charge in [0, 0.05) is 46.3 Å². The Balaban J connectivity index is 2.51. The average molecular weight is 327 g/mol. The van der Waals surface area contributed by atoms with E-state index in [9.17, 15) is 4.79 Å². The highest BCUT2D eigenvalue weighted by Gasteiger charge is 2.23.